The van der Waals surface area contributed by atoms with Crippen LogP contribution >= 0.6 is 0 Å². The summed E-state index contributed by atoms with van der Waals surface area (Å²) in [5.41, 5.74) is 2.05. The van der Waals surface area contributed by atoms with E-state index in [4.69, 9.17) is 4.74 Å². The van der Waals surface area contributed by atoms with E-state index in [1.54, 1.807) is 14.0 Å². The molecule has 1 aromatic heterocycles. The molecule has 1 saturated heterocycles. The Morgan fingerprint density at radius 1 is 1.21 bits per heavy atom. The minimum Gasteiger partial charge on any atom is -0.496 e. The second kappa shape index (κ2) is 7.73. The van der Waals surface area contributed by atoms with Gasteiger partial charge in [0.25, 0.3) is 5.91 Å². The van der Waals surface area contributed by atoms with Gasteiger partial charge >= 0.3 is 6.03 Å². The van der Waals surface area contributed by atoms with E-state index in [1.807, 2.05) is 55.7 Å². The number of nitrogens with one attached hydrogen (secondary N) is 1. The monoisotopic (exact) mass is 397 g/mol. The zero-order valence-electron chi connectivity index (χ0n) is 17.5. The molecule has 3 amide bonds. The lowest BCUT2D eigenvalue weighted by atomic mass is 9.92. The third-order valence-electron chi connectivity index (χ3n) is 5.57. The van der Waals surface area contributed by atoms with E-state index in [1.165, 1.54) is 0 Å². The Morgan fingerprint density at radius 2 is 1.90 bits per heavy atom. The minimum absolute atomic E-state index is 0.247. The number of hydrogen-bond acceptors (Lipinski definition) is 4. The topological polar surface area (TPSA) is 80.6 Å². The molecule has 7 nitrogen and oxygen atoms in total. The number of urea groups is 1. The van der Waals surface area contributed by atoms with Crippen molar-refractivity contribution in [3.05, 3.63) is 52.8 Å². The van der Waals surface area contributed by atoms with Crippen molar-refractivity contribution >= 4 is 17.7 Å². The van der Waals surface area contributed by atoms with Gasteiger partial charge in [-0.2, -0.15) is 0 Å². The molecule has 0 radical (unpaired) electrons. The first-order chi connectivity index (χ1) is 13.7. The number of amides is 3. The maximum Gasteiger partial charge on any atom is 0.325 e. The van der Waals surface area contributed by atoms with Gasteiger partial charge < -0.3 is 14.6 Å². The average molecular weight is 397 g/mol. The second-order valence-electron chi connectivity index (χ2n) is 7.59. The van der Waals surface area contributed by atoms with E-state index in [-0.39, 0.29) is 18.7 Å². The van der Waals surface area contributed by atoms with Crippen LogP contribution in [0.4, 0.5) is 4.79 Å². The molecule has 1 N–H and O–H groups in total. The van der Waals surface area contributed by atoms with Crippen LogP contribution in [0.25, 0.3) is 0 Å². The van der Waals surface area contributed by atoms with Crippen molar-refractivity contribution in [1.82, 2.24) is 14.8 Å². The summed E-state index contributed by atoms with van der Waals surface area (Å²) in [6.45, 7) is 7.97. The third kappa shape index (κ3) is 3.64. The number of ketones is 1. The van der Waals surface area contributed by atoms with Gasteiger partial charge in [-0.05, 0) is 45.4 Å². The zero-order valence-corrected chi connectivity index (χ0v) is 17.5. The lowest BCUT2D eigenvalue weighted by Crippen LogP contribution is -2.46. The van der Waals surface area contributed by atoms with Crippen molar-refractivity contribution < 1.29 is 19.1 Å². The van der Waals surface area contributed by atoms with Crippen LogP contribution in [0, 0.1) is 13.8 Å². The molecule has 0 spiro atoms. The molecule has 1 aliphatic rings. The number of ether oxygens (including phenoxy) is 1. The summed E-state index contributed by atoms with van der Waals surface area (Å²) in [4.78, 5) is 39.5. The SMILES string of the molecule is CCn1c(C)cc(C(=O)CN2C(=O)N[C@@](C)(Cc3ccccc3OC)C2=O)c1C. The van der Waals surface area contributed by atoms with Crippen LogP contribution < -0.4 is 10.1 Å². The molecular formula is C22H27N3O4. The number of para-hydroxylation sites is 1. The Kier molecular flexibility index (Phi) is 5.50. The number of imide groups is 1. The normalized spacial score (nSPS) is 18.9. The van der Waals surface area contributed by atoms with Crippen LogP contribution in [0.5, 0.6) is 5.75 Å². The fraction of sp³-hybridized carbons (Fsp3) is 0.409. The number of nitrogens with zero attached hydrogens (tertiary/aromatic N) is 2. The zero-order chi connectivity index (χ0) is 21.3. The lowest BCUT2D eigenvalue weighted by molar-refractivity contribution is -0.130. The van der Waals surface area contributed by atoms with Gasteiger partial charge in [-0.1, -0.05) is 18.2 Å². The molecule has 2 aromatic rings. The quantitative estimate of drug-likeness (QED) is 0.575. The molecule has 3 rings (SSSR count). The summed E-state index contributed by atoms with van der Waals surface area (Å²) in [6, 6.07) is 8.63. The van der Waals surface area contributed by atoms with Gasteiger partial charge in [0.2, 0.25) is 0 Å². The van der Waals surface area contributed by atoms with Crippen molar-refractivity contribution in [3.63, 3.8) is 0 Å². The van der Waals surface area contributed by atoms with Crippen LogP contribution in [-0.2, 0) is 17.8 Å². The summed E-state index contributed by atoms with van der Waals surface area (Å²) in [5.74, 6) is -0.00815. The Hall–Kier alpha value is -3.09. The molecule has 0 aliphatic carbocycles. The number of carbonyl (C=O) groups is 3. The maximum absolute atomic E-state index is 13.1. The van der Waals surface area contributed by atoms with E-state index in [9.17, 15) is 14.4 Å². The molecule has 0 bridgehead atoms. The molecule has 0 saturated carbocycles. The van der Waals surface area contributed by atoms with Crippen LogP contribution in [0.1, 0.15) is 41.2 Å². The highest BCUT2D eigenvalue weighted by molar-refractivity contribution is 6.11. The molecule has 0 unspecified atom stereocenters. The number of aryl methyl sites for hydroxylation is 1. The minimum atomic E-state index is -1.13. The van der Waals surface area contributed by atoms with E-state index < -0.39 is 17.5 Å². The number of hydrogen-bond donors (Lipinski definition) is 1. The maximum atomic E-state index is 13.1. The summed E-state index contributed by atoms with van der Waals surface area (Å²) in [7, 11) is 1.56. The molecule has 1 fully saturated rings. The van der Waals surface area contributed by atoms with Gasteiger partial charge in [0.15, 0.2) is 5.78 Å². The van der Waals surface area contributed by atoms with Crippen LogP contribution in [0.3, 0.4) is 0 Å². The Bertz CT molecular complexity index is 978. The second-order valence-corrected chi connectivity index (χ2v) is 7.59. The summed E-state index contributed by atoms with van der Waals surface area (Å²) < 4.78 is 7.39. The number of aromatic nitrogens is 1. The first kappa shape index (κ1) is 20.6. The van der Waals surface area contributed by atoms with Gasteiger partial charge in [0, 0.05) is 29.9 Å². The van der Waals surface area contributed by atoms with Crippen LogP contribution in [0.2, 0.25) is 0 Å². The van der Waals surface area contributed by atoms with E-state index in [0.717, 1.165) is 28.4 Å². The largest absolute Gasteiger partial charge is 0.496 e. The van der Waals surface area contributed by atoms with E-state index in [0.29, 0.717) is 11.3 Å². The Balaban J connectivity index is 1.81. The number of Topliss-reactive ketones (excluding diaryl/α,β-unsaturated/α-hetero) is 1. The highest BCUT2D eigenvalue weighted by Gasteiger charge is 2.48. The van der Waals surface area contributed by atoms with Crippen molar-refractivity contribution in [1.29, 1.82) is 0 Å². The predicted octanol–water partition coefficient (Wildman–Crippen LogP) is 2.87. The predicted molar refractivity (Wildman–Crippen MR) is 109 cm³/mol. The summed E-state index contributed by atoms with van der Waals surface area (Å²) in [6.07, 6.45) is 0.274. The van der Waals surface area contributed by atoms with Crippen molar-refractivity contribution in [2.45, 2.75) is 46.2 Å². The molecule has 154 valence electrons. The number of rotatable bonds is 7. The molecular weight excluding hydrogens is 370 g/mol. The lowest BCUT2D eigenvalue weighted by Gasteiger charge is -2.22. The van der Waals surface area contributed by atoms with E-state index in [2.05, 4.69) is 5.32 Å². The summed E-state index contributed by atoms with van der Waals surface area (Å²) in [5, 5.41) is 2.75. The molecule has 29 heavy (non-hydrogen) atoms. The molecule has 1 aliphatic heterocycles. The molecule has 2 heterocycles. The van der Waals surface area contributed by atoms with Crippen molar-refractivity contribution in [2.75, 3.05) is 13.7 Å². The number of methoxy groups -OCH3 is 1. The van der Waals surface area contributed by atoms with Gasteiger partial charge in [0.05, 0.1) is 13.7 Å². The van der Waals surface area contributed by atoms with Gasteiger partial charge in [-0.15, -0.1) is 0 Å². The Labute approximate surface area is 170 Å². The fourth-order valence-electron chi connectivity index (χ4n) is 4.04. The van der Waals surface area contributed by atoms with Gasteiger partial charge in [0.1, 0.15) is 11.3 Å². The average Bonchev–Trinajstić information content (AvgIpc) is 3.09. The van der Waals surface area contributed by atoms with Crippen LogP contribution in [-0.4, -0.2) is 46.4 Å². The number of benzene rings is 1. The molecule has 1 aromatic carbocycles. The highest BCUT2D eigenvalue weighted by atomic mass is 16.5. The van der Waals surface area contributed by atoms with E-state index >= 15 is 0 Å². The molecule has 1 atom stereocenters. The third-order valence-corrected chi connectivity index (χ3v) is 5.57. The molecule has 7 heteroatoms. The standard InChI is InChI=1S/C22H27N3O4/c1-6-24-14(2)11-17(15(24)3)18(26)13-25-20(27)22(4,23-21(25)28)12-16-9-7-8-10-19(16)29-5/h7-11H,6,12-13H2,1-5H3,(H,23,28)/t22-/m0/s1. The van der Waals surface area contributed by atoms with Crippen molar-refractivity contribution in [3.8, 4) is 5.75 Å². The highest BCUT2D eigenvalue weighted by Crippen LogP contribution is 2.28. The fourth-order valence-corrected chi connectivity index (χ4v) is 4.04. The summed E-state index contributed by atoms with van der Waals surface area (Å²) >= 11 is 0. The van der Waals surface area contributed by atoms with Crippen molar-refractivity contribution in [2.24, 2.45) is 0 Å². The smallest absolute Gasteiger partial charge is 0.325 e. The first-order valence-electron chi connectivity index (χ1n) is 9.67. The first-order valence-corrected chi connectivity index (χ1v) is 9.67. The van der Waals surface area contributed by atoms with Gasteiger partial charge in [-0.3, -0.25) is 14.5 Å². The van der Waals surface area contributed by atoms with Gasteiger partial charge in [-0.25, -0.2) is 4.79 Å². The Morgan fingerprint density at radius 3 is 2.52 bits per heavy atom. The number of carbonyl (C=O) groups excluding carboxylic acids is 3. The van der Waals surface area contributed by atoms with Crippen LogP contribution in [0.15, 0.2) is 30.3 Å².